The zero-order valence-electron chi connectivity index (χ0n) is 12.4. The highest BCUT2D eigenvalue weighted by Crippen LogP contribution is 2.48. The predicted molar refractivity (Wildman–Crippen MR) is 93.2 cm³/mol. The Morgan fingerprint density at radius 1 is 1.52 bits per heavy atom. The zero-order valence-corrected chi connectivity index (χ0v) is 14.7. The number of fused-ring (bicyclic) bond motifs is 4. The van der Waals surface area contributed by atoms with Gasteiger partial charge in [0.05, 0.1) is 6.04 Å². The van der Waals surface area contributed by atoms with E-state index >= 15 is 0 Å². The van der Waals surface area contributed by atoms with Gasteiger partial charge in [-0.3, -0.25) is 0 Å². The molecule has 2 aliphatic rings. The first-order valence-electron chi connectivity index (χ1n) is 7.03. The summed E-state index contributed by atoms with van der Waals surface area (Å²) < 4.78 is 6.37. The molecule has 1 fully saturated rings. The van der Waals surface area contributed by atoms with Gasteiger partial charge in [0.15, 0.2) is 10.8 Å². The first-order valence-corrected chi connectivity index (χ1v) is 9.21. The minimum absolute atomic E-state index is 0.149. The molecule has 1 N–H and O–H groups in total. The fraction of sp³-hybridized carbons (Fsp3) is 0.533. The van der Waals surface area contributed by atoms with Gasteiger partial charge in [-0.2, -0.15) is 11.8 Å². The second kappa shape index (κ2) is 5.52. The Morgan fingerprint density at radius 2 is 2.29 bits per heavy atom. The highest BCUT2D eigenvalue weighted by molar-refractivity contribution is 7.98. The summed E-state index contributed by atoms with van der Waals surface area (Å²) in [5.74, 6) is 2.19. The van der Waals surface area contributed by atoms with Crippen LogP contribution in [0.4, 0.5) is 0 Å². The molecule has 0 spiro atoms. The molecule has 21 heavy (non-hydrogen) atoms. The van der Waals surface area contributed by atoms with Crippen LogP contribution in [0.3, 0.4) is 0 Å². The van der Waals surface area contributed by atoms with E-state index in [-0.39, 0.29) is 12.0 Å². The van der Waals surface area contributed by atoms with E-state index < -0.39 is 5.72 Å². The van der Waals surface area contributed by atoms with E-state index in [2.05, 4.69) is 30.3 Å². The molecule has 2 aliphatic heterocycles. The molecule has 114 valence electrons. The third kappa shape index (κ3) is 2.39. The van der Waals surface area contributed by atoms with Crippen LogP contribution in [0.1, 0.15) is 25.5 Å². The normalized spacial score (nSPS) is 30.5. The number of thiocarbonyl (C=S) groups is 1. The van der Waals surface area contributed by atoms with Crippen molar-refractivity contribution < 1.29 is 4.74 Å². The van der Waals surface area contributed by atoms with Crippen molar-refractivity contribution in [2.24, 2.45) is 5.92 Å². The van der Waals surface area contributed by atoms with Crippen molar-refractivity contribution >= 4 is 40.7 Å². The Labute approximate surface area is 140 Å². The van der Waals surface area contributed by atoms with Gasteiger partial charge in [0.25, 0.3) is 0 Å². The van der Waals surface area contributed by atoms with Crippen LogP contribution >= 0.6 is 35.6 Å². The molecule has 1 aromatic carbocycles. The van der Waals surface area contributed by atoms with E-state index in [4.69, 9.17) is 28.6 Å². The molecule has 3 unspecified atom stereocenters. The number of hydrogen-bond acceptors (Lipinski definition) is 3. The predicted octanol–water partition coefficient (Wildman–Crippen LogP) is 3.68. The SMILES string of the molecule is CSCCN1C(=S)NC2c3cc(Cl)ccc3OC1(C)C2C. The molecular weight excluding hydrogens is 324 g/mol. The number of nitrogens with one attached hydrogen (secondary N) is 1. The van der Waals surface area contributed by atoms with Gasteiger partial charge < -0.3 is 15.0 Å². The number of ether oxygens (including phenoxy) is 1. The number of rotatable bonds is 3. The molecule has 1 aromatic rings. The average Bonchev–Trinajstić information content (AvgIpc) is 2.44. The average molecular weight is 343 g/mol. The van der Waals surface area contributed by atoms with Gasteiger partial charge in [-0.25, -0.2) is 0 Å². The topological polar surface area (TPSA) is 24.5 Å². The molecule has 2 heterocycles. The van der Waals surface area contributed by atoms with Crippen LogP contribution in [0, 0.1) is 5.92 Å². The molecule has 0 aromatic heterocycles. The molecule has 1 saturated heterocycles. The summed E-state index contributed by atoms with van der Waals surface area (Å²) in [6.45, 7) is 5.22. The van der Waals surface area contributed by atoms with Gasteiger partial charge >= 0.3 is 0 Å². The summed E-state index contributed by atoms with van der Waals surface area (Å²) in [7, 11) is 0. The van der Waals surface area contributed by atoms with Crippen molar-refractivity contribution in [3.8, 4) is 5.75 Å². The van der Waals surface area contributed by atoms with Gasteiger partial charge in [-0.1, -0.05) is 18.5 Å². The van der Waals surface area contributed by atoms with Crippen LogP contribution in [0.2, 0.25) is 5.02 Å². The summed E-state index contributed by atoms with van der Waals surface area (Å²) in [5.41, 5.74) is 0.683. The Kier molecular flexibility index (Phi) is 4.01. The maximum Gasteiger partial charge on any atom is 0.186 e. The monoisotopic (exact) mass is 342 g/mol. The lowest BCUT2D eigenvalue weighted by Crippen LogP contribution is -2.69. The molecule has 2 bridgehead atoms. The smallest absolute Gasteiger partial charge is 0.186 e. The zero-order chi connectivity index (χ0) is 15.2. The Morgan fingerprint density at radius 3 is 3.00 bits per heavy atom. The van der Waals surface area contributed by atoms with Crippen molar-refractivity contribution in [1.29, 1.82) is 0 Å². The maximum atomic E-state index is 6.37. The van der Waals surface area contributed by atoms with E-state index in [1.807, 2.05) is 30.0 Å². The van der Waals surface area contributed by atoms with E-state index in [0.717, 1.165) is 33.7 Å². The molecule has 3 nitrogen and oxygen atoms in total. The molecule has 3 atom stereocenters. The van der Waals surface area contributed by atoms with Crippen molar-refractivity contribution in [3.05, 3.63) is 28.8 Å². The van der Waals surface area contributed by atoms with Crippen LogP contribution in [0.15, 0.2) is 18.2 Å². The van der Waals surface area contributed by atoms with Gasteiger partial charge in [0.2, 0.25) is 0 Å². The minimum atomic E-state index is -0.413. The number of nitrogens with zero attached hydrogens (tertiary/aromatic N) is 1. The van der Waals surface area contributed by atoms with Crippen LogP contribution < -0.4 is 10.1 Å². The lowest BCUT2D eigenvalue weighted by molar-refractivity contribution is -0.108. The summed E-state index contributed by atoms with van der Waals surface area (Å²) in [5, 5.41) is 4.97. The highest BCUT2D eigenvalue weighted by Gasteiger charge is 2.52. The molecular formula is C15H19ClN2OS2. The lowest BCUT2D eigenvalue weighted by Gasteiger charge is -2.56. The van der Waals surface area contributed by atoms with Crippen LogP contribution in [-0.2, 0) is 0 Å². The van der Waals surface area contributed by atoms with Gasteiger partial charge in [-0.15, -0.1) is 0 Å². The molecule has 3 rings (SSSR count). The quantitative estimate of drug-likeness (QED) is 0.845. The Bertz CT molecular complexity index is 583. The first kappa shape index (κ1) is 15.3. The number of thioether (sulfide) groups is 1. The first-order chi connectivity index (χ1) is 9.97. The summed E-state index contributed by atoms with van der Waals surface area (Å²) in [4.78, 5) is 2.18. The highest BCUT2D eigenvalue weighted by atomic mass is 35.5. The summed E-state index contributed by atoms with van der Waals surface area (Å²) in [6.07, 6.45) is 2.11. The van der Waals surface area contributed by atoms with E-state index in [9.17, 15) is 0 Å². The molecule has 0 amide bonds. The van der Waals surface area contributed by atoms with Crippen LogP contribution in [0.25, 0.3) is 0 Å². The van der Waals surface area contributed by atoms with Gasteiger partial charge in [0.1, 0.15) is 5.75 Å². The number of benzene rings is 1. The fourth-order valence-corrected chi connectivity index (χ4v) is 4.12. The van der Waals surface area contributed by atoms with Crippen molar-refractivity contribution in [3.63, 3.8) is 0 Å². The van der Waals surface area contributed by atoms with E-state index in [1.54, 1.807) is 0 Å². The second-order valence-electron chi connectivity index (χ2n) is 5.70. The van der Waals surface area contributed by atoms with E-state index in [1.165, 1.54) is 0 Å². The molecule has 6 heteroatoms. The van der Waals surface area contributed by atoms with E-state index in [0.29, 0.717) is 0 Å². The number of halogens is 1. The number of hydrogen-bond donors (Lipinski definition) is 1. The van der Waals surface area contributed by atoms with Gasteiger partial charge in [0, 0.05) is 28.8 Å². The minimum Gasteiger partial charge on any atom is -0.467 e. The summed E-state index contributed by atoms with van der Waals surface area (Å²) in [6, 6.07) is 5.96. The van der Waals surface area contributed by atoms with Crippen molar-refractivity contribution in [2.45, 2.75) is 25.6 Å². The fourth-order valence-electron chi connectivity index (χ4n) is 3.17. The molecule has 0 aliphatic carbocycles. The van der Waals surface area contributed by atoms with Crippen LogP contribution in [-0.4, -0.2) is 34.3 Å². The van der Waals surface area contributed by atoms with Crippen molar-refractivity contribution in [2.75, 3.05) is 18.6 Å². The molecule has 0 radical (unpaired) electrons. The molecule has 0 saturated carbocycles. The Balaban J connectivity index is 2.03. The Hall–Kier alpha value is -0.650. The standard InChI is InChI=1S/C15H19ClN2OS2/c1-9-13-11-8-10(16)4-5-12(11)19-15(9,2)18(6-7-21-3)14(20)17-13/h4-5,8-9,13H,6-7H2,1-3H3,(H,17,20). The van der Waals surface area contributed by atoms with Crippen molar-refractivity contribution in [1.82, 2.24) is 10.2 Å². The largest absolute Gasteiger partial charge is 0.467 e. The summed E-state index contributed by atoms with van der Waals surface area (Å²) >= 11 is 13.5. The second-order valence-corrected chi connectivity index (χ2v) is 7.51. The third-order valence-electron chi connectivity index (χ3n) is 4.55. The lowest BCUT2D eigenvalue weighted by atomic mass is 9.81. The van der Waals surface area contributed by atoms with Crippen LogP contribution in [0.5, 0.6) is 5.75 Å². The third-order valence-corrected chi connectivity index (χ3v) is 5.71. The maximum absolute atomic E-state index is 6.37. The van der Waals surface area contributed by atoms with Gasteiger partial charge in [-0.05, 0) is 43.6 Å².